The monoisotopic (exact) mass is 497 g/mol. The lowest BCUT2D eigenvalue weighted by Gasteiger charge is -2.33. The summed E-state index contributed by atoms with van der Waals surface area (Å²) in [5.74, 6) is 1.41. The fraction of sp³-hybridized carbons (Fsp3) is 0.462. The molecule has 5 rings (SSSR count). The minimum Gasteiger partial charge on any atom is -0.489 e. The van der Waals surface area contributed by atoms with Gasteiger partial charge in [0, 0.05) is 43.8 Å². The predicted molar refractivity (Wildman–Crippen MR) is 133 cm³/mol. The summed E-state index contributed by atoms with van der Waals surface area (Å²) in [4.78, 5) is 19.1. The van der Waals surface area contributed by atoms with Crippen LogP contribution < -0.4 is 4.74 Å². The lowest BCUT2D eigenvalue weighted by atomic mass is 9.98. The molecule has 0 N–H and O–H groups in total. The number of hydrogen-bond acceptors (Lipinski definition) is 6. The van der Waals surface area contributed by atoms with Gasteiger partial charge in [-0.2, -0.15) is 0 Å². The van der Waals surface area contributed by atoms with Crippen molar-refractivity contribution in [2.75, 3.05) is 19.3 Å². The molecular formula is C26H31N3O5S. The first-order valence-corrected chi connectivity index (χ1v) is 14.2. The van der Waals surface area contributed by atoms with E-state index in [-0.39, 0.29) is 18.3 Å². The van der Waals surface area contributed by atoms with E-state index in [1.807, 2.05) is 29.0 Å². The van der Waals surface area contributed by atoms with E-state index in [9.17, 15) is 13.2 Å². The van der Waals surface area contributed by atoms with Crippen LogP contribution in [0.3, 0.4) is 0 Å². The number of hydrogen-bond donors (Lipinski definition) is 0. The minimum absolute atomic E-state index is 0.0307. The van der Waals surface area contributed by atoms with Crippen LogP contribution in [0.4, 0.5) is 4.79 Å². The highest BCUT2D eigenvalue weighted by molar-refractivity contribution is 7.90. The summed E-state index contributed by atoms with van der Waals surface area (Å²) in [6.07, 6.45) is 11.7. The predicted octanol–water partition coefficient (Wildman–Crippen LogP) is 4.74. The third kappa shape index (κ3) is 5.45. The molecule has 0 unspecified atom stereocenters. The summed E-state index contributed by atoms with van der Waals surface area (Å²) in [6.45, 7) is 1.26. The van der Waals surface area contributed by atoms with Crippen molar-refractivity contribution in [3.8, 4) is 11.6 Å². The SMILES string of the molecule is CS(=O)(=O)c1ccc2c(ccn2-c2ccc(OC3CCN(C(=O)OC4CCCCC4)CC3)cn2)c1. The summed E-state index contributed by atoms with van der Waals surface area (Å²) < 4.78 is 37.4. The molecule has 186 valence electrons. The van der Waals surface area contributed by atoms with Gasteiger partial charge in [0.05, 0.1) is 16.6 Å². The molecule has 1 aliphatic carbocycles. The van der Waals surface area contributed by atoms with Crippen LogP contribution >= 0.6 is 0 Å². The van der Waals surface area contributed by atoms with Crippen LogP contribution in [0.1, 0.15) is 44.9 Å². The van der Waals surface area contributed by atoms with Gasteiger partial charge in [0.25, 0.3) is 0 Å². The van der Waals surface area contributed by atoms with E-state index < -0.39 is 9.84 Å². The summed E-state index contributed by atoms with van der Waals surface area (Å²) in [5.41, 5.74) is 0.881. The van der Waals surface area contributed by atoms with E-state index >= 15 is 0 Å². The third-order valence-electron chi connectivity index (χ3n) is 6.88. The van der Waals surface area contributed by atoms with Crippen LogP contribution in [0.5, 0.6) is 5.75 Å². The molecule has 0 radical (unpaired) electrons. The molecule has 0 spiro atoms. The van der Waals surface area contributed by atoms with E-state index in [4.69, 9.17) is 9.47 Å². The molecule has 1 saturated heterocycles. The highest BCUT2D eigenvalue weighted by Gasteiger charge is 2.27. The van der Waals surface area contributed by atoms with Gasteiger partial charge < -0.3 is 18.9 Å². The molecule has 35 heavy (non-hydrogen) atoms. The molecular weight excluding hydrogens is 466 g/mol. The molecule has 2 aromatic heterocycles. The van der Waals surface area contributed by atoms with Gasteiger partial charge in [-0.15, -0.1) is 0 Å². The number of carbonyl (C=O) groups is 1. The Morgan fingerprint density at radius 3 is 2.43 bits per heavy atom. The summed E-state index contributed by atoms with van der Waals surface area (Å²) in [5, 5.41) is 0.837. The minimum atomic E-state index is -3.25. The van der Waals surface area contributed by atoms with E-state index in [0.717, 1.165) is 55.2 Å². The smallest absolute Gasteiger partial charge is 0.410 e. The maximum atomic E-state index is 12.5. The summed E-state index contributed by atoms with van der Waals surface area (Å²) in [7, 11) is -3.25. The summed E-state index contributed by atoms with van der Waals surface area (Å²) in [6, 6.07) is 10.7. The maximum Gasteiger partial charge on any atom is 0.410 e. The van der Waals surface area contributed by atoms with Crippen LogP contribution in [-0.2, 0) is 14.6 Å². The Balaban J connectivity index is 1.17. The second-order valence-electron chi connectivity index (χ2n) is 9.48. The van der Waals surface area contributed by atoms with Crippen LogP contribution in [0, 0.1) is 0 Å². The van der Waals surface area contributed by atoms with Gasteiger partial charge in [0.1, 0.15) is 23.8 Å². The van der Waals surface area contributed by atoms with E-state index in [2.05, 4.69) is 4.98 Å². The van der Waals surface area contributed by atoms with Crippen molar-refractivity contribution in [2.45, 2.75) is 62.0 Å². The zero-order chi connectivity index (χ0) is 24.4. The number of fused-ring (bicyclic) bond motifs is 1. The van der Waals surface area contributed by atoms with E-state index in [1.54, 1.807) is 29.3 Å². The fourth-order valence-electron chi connectivity index (χ4n) is 4.88. The van der Waals surface area contributed by atoms with Crippen molar-refractivity contribution in [1.82, 2.24) is 14.5 Å². The molecule has 3 aromatic rings. The van der Waals surface area contributed by atoms with Crippen molar-refractivity contribution < 1.29 is 22.7 Å². The average molecular weight is 498 g/mol. The second kappa shape index (κ2) is 9.89. The standard InChI is InChI=1S/C26H31N3O5S/c1-35(31,32)23-8-9-24-19(17-23)11-16-29(24)25-10-7-22(18-27-25)33-21-12-14-28(15-13-21)26(30)34-20-5-3-2-4-6-20/h7-11,16-18,20-21H,2-6,12-15H2,1H3. The molecule has 1 aromatic carbocycles. The van der Waals surface area contributed by atoms with Crippen LogP contribution in [-0.4, -0.2) is 60.5 Å². The lowest BCUT2D eigenvalue weighted by molar-refractivity contribution is 0.0299. The highest BCUT2D eigenvalue weighted by Crippen LogP contribution is 2.26. The van der Waals surface area contributed by atoms with Crippen molar-refractivity contribution in [3.63, 3.8) is 0 Å². The van der Waals surface area contributed by atoms with Crippen LogP contribution in [0.15, 0.2) is 53.7 Å². The Morgan fingerprint density at radius 2 is 1.74 bits per heavy atom. The van der Waals surface area contributed by atoms with Crippen molar-refractivity contribution >= 4 is 26.8 Å². The molecule has 1 aliphatic heterocycles. The van der Waals surface area contributed by atoms with Gasteiger partial charge in [0.2, 0.25) is 0 Å². The average Bonchev–Trinajstić information content (AvgIpc) is 3.28. The van der Waals surface area contributed by atoms with Gasteiger partial charge in [-0.1, -0.05) is 6.42 Å². The van der Waals surface area contributed by atoms with Crippen molar-refractivity contribution in [2.24, 2.45) is 0 Å². The Morgan fingerprint density at radius 1 is 0.971 bits per heavy atom. The quantitative estimate of drug-likeness (QED) is 0.506. The van der Waals surface area contributed by atoms with E-state index in [1.165, 1.54) is 12.7 Å². The molecule has 9 heteroatoms. The number of rotatable bonds is 5. The second-order valence-corrected chi connectivity index (χ2v) is 11.5. The molecule has 0 atom stereocenters. The highest BCUT2D eigenvalue weighted by atomic mass is 32.2. The number of likely N-dealkylation sites (tertiary alicyclic amines) is 1. The first kappa shape index (κ1) is 23.7. The number of amides is 1. The van der Waals surface area contributed by atoms with Crippen molar-refractivity contribution in [3.05, 3.63) is 48.8 Å². The van der Waals surface area contributed by atoms with Gasteiger partial charge in [-0.05, 0) is 62.1 Å². The zero-order valence-electron chi connectivity index (χ0n) is 19.9. The molecule has 2 fully saturated rings. The van der Waals surface area contributed by atoms with E-state index in [0.29, 0.717) is 23.7 Å². The number of sulfone groups is 1. The Bertz CT molecular complexity index is 1290. The van der Waals surface area contributed by atoms with Crippen LogP contribution in [0.25, 0.3) is 16.7 Å². The zero-order valence-corrected chi connectivity index (χ0v) is 20.7. The van der Waals surface area contributed by atoms with Gasteiger partial charge in [-0.3, -0.25) is 0 Å². The Labute approximate surface area is 205 Å². The van der Waals surface area contributed by atoms with Crippen molar-refractivity contribution in [1.29, 1.82) is 0 Å². The number of carbonyl (C=O) groups excluding carboxylic acids is 1. The molecule has 1 saturated carbocycles. The molecule has 0 bridgehead atoms. The normalized spacial score (nSPS) is 18.0. The molecule has 2 aliphatic rings. The van der Waals surface area contributed by atoms with Gasteiger partial charge in [0.15, 0.2) is 9.84 Å². The van der Waals surface area contributed by atoms with Gasteiger partial charge >= 0.3 is 6.09 Å². The number of nitrogens with zero attached hydrogens (tertiary/aromatic N) is 3. The topological polar surface area (TPSA) is 90.7 Å². The Kier molecular flexibility index (Phi) is 6.69. The third-order valence-corrected chi connectivity index (χ3v) is 7.99. The molecule has 1 amide bonds. The number of aromatic nitrogens is 2. The largest absolute Gasteiger partial charge is 0.489 e. The lowest BCUT2D eigenvalue weighted by Crippen LogP contribution is -2.43. The number of piperidine rings is 1. The Hall–Kier alpha value is -3.07. The number of pyridine rings is 1. The number of ether oxygens (including phenoxy) is 2. The summed E-state index contributed by atoms with van der Waals surface area (Å²) >= 11 is 0. The molecule has 3 heterocycles. The first-order valence-electron chi connectivity index (χ1n) is 12.3. The first-order chi connectivity index (χ1) is 16.9. The fourth-order valence-corrected chi connectivity index (χ4v) is 5.54. The maximum absolute atomic E-state index is 12.5. The van der Waals surface area contributed by atoms with Gasteiger partial charge in [-0.25, -0.2) is 18.2 Å². The number of benzene rings is 1. The van der Waals surface area contributed by atoms with Crippen LogP contribution in [0.2, 0.25) is 0 Å². The molecule has 8 nitrogen and oxygen atoms in total.